The number of anilines is 2. The Morgan fingerprint density at radius 2 is 1.68 bits per heavy atom. The molecule has 0 saturated carbocycles. The number of carbonyl (C=O) groups excluding carboxylic acids is 1. The Morgan fingerprint density at radius 1 is 1.09 bits per heavy atom. The van der Waals surface area contributed by atoms with Gasteiger partial charge in [0.2, 0.25) is 5.95 Å². The monoisotopic (exact) mass is 298 g/mol. The van der Waals surface area contributed by atoms with Crippen LogP contribution in [0.25, 0.3) is 0 Å². The number of benzene rings is 1. The highest BCUT2D eigenvalue weighted by atomic mass is 16.1. The van der Waals surface area contributed by atoms with E-state index in [9.17, 15) is 4.79 Å². The molecule has 116 valence electrons. The van der Waals surface area contributed by atoms with E-state index in [1.807, 2.05) is 20.8 Å². The summed E-state index contributed by atoms with van der Waals surface area (Å²) in [5.41, 5.74) is 4.58. The Morgan fingerprint density at radius 3 is 2.23 bits per heavy atom. The summed E-state index contributed by atoms with van der Waals surface area (Å²) in [5.74, 6) is 0.346. The van der Waals surface area contributed by atoms with Crippen LogP contribution in [0.3, 0.4) is 0 Å². The van der Waals surface area contributed by atoms with Gasteiger partial charge in [0, 0.05) is 24.6 Å². The number of carbonyl (C=O) groups is 1. The van der Waals surface area contributed by atoms with Gasteiger partial charge < -0.3 is 10.6 Å². The number of amides is 1. The maximum absolute atomic E-state index is 12.3. The van der Waals surface area contributed by atoms with Gasteiger partial charge in [-0.1, -0.05) is 24.6 Å². The molecule has 0 aliphatic heterocycles. The minimum absolute atomic E-state index is 0.197. The highest BCUT2D eigenvalue weighted by molar-refractivity contribution is 6.04. The second-order valence-electron chi connectivity index (χ2n) is 5.45. The van der Waals surface area contributed by atoms with Gasteiger partial charge in [0.25, 0.3) is 5.91 Å². The first-order valence-corrected chi connectivity index (χ1v) is 7.46. The molecule has 1 amide bonds. The number of hydrogen-bond donors (Lipinski definition) is 2. The lowest BCUT2D eigenvalue weighted by Gasteiger charge is -2.12. The second kappa shape index (κ2) is 7.02. The quantitative estimate of drug-likeness (QED) is 0.887. The molecule has 0 aliphatic rings. The maximum atomic E-state index is 12.3. The summed E-state index contributed by atoms with van der Waals surface area (Å²) in [5, 5.41) is 6.03. The normalized spacial score (nSPS) is 10.4. The van der Waals surface area contributed by atoms with E-state index in [1.165, 1.54) is 5.56 Å². The van der Waals surface area contributed by atoms with Gasteiger partial charge in [0.15, 0.2) is 0 Å². The molecular formula is C17H22N4O. The van der Waals surface area contributed by atoms with E-state index in [1.54, 1.807) is 12.4 Å². The largest absolute Gasteiger partial charge is 0.354 e. The average molecular weight is 298 g/mol. The standard InChI is InChI=1S/C17H22N4O/c1-5-6-18-17-19-9-14(10-20-17)16(22)21-15-12(3)7-11(2)8-13(15)4/h7-10H,5-6H2,1-4H3,(H,21,22)(H,18,19,20). The van der Waals surface area contributed by atoms with Gasteiger partial charge in [0.05, 0.1) is 5.56 Å². The van der Waals surface area contributed by atoms with Crippen LogP contribution < -0.4 is 10.6 Å². The fourth-order valence-electron chi connectivity index (χ4n) is 2.34. The van der Waals surface area contributed by atoms with Crippen molar-refractivity contribution in [2.45, 2.75) is 34.1 Å². The zero-order valence-electron chi connectivity index (χ0n) is 13.5. The zero-order valence-corrected chi connectivity index (χ0v) is 13.5. The molecular weight excluding hydrogens is 276 g/mol. The van der Waals surface area contributed by atoms with E-state index in [-0.39, 0.29) is 5.91 Å². The lowest BCUT2D eigenvalue weighted by molar-refractivity contribution is 0.102. The Bertz CT molecular complexity index is 642. The summed E-state index contributed by atoms with van der Waals surface area (Å²) in [6, 6.07) is 4.10. The van der Waals surface area contributed by atoms with Gasteiger partial charge in [-0.2, -0.15) is 0 Å². The van der Waals surface area contributed by atoms with Crippen molar-refractivity contribution in [3.05, 3.63) is 46.8 Å². The number of aryl methyl sites for hydroxylation is 3. The summed E-state index contributed by atoms with van der Waals surface area (Å²) in [7, 11) is 0. The first-order valence-electron chi connectivity index (χ1n) is 7.46. The molecule has 1 heterocycles. The molecule has 0 aliphatic carbocycles. The van der Waals surface area contributed by atoms with Crippen LogP contribution >= 0.6 is 0 Å². The molecule has 1 aromatic carbocycles. The summed E-state index contributed by atoms with van der Waals surface area (Å²) < 4.78 is 0. The Kier molecular flexibility index (Phi) is 5.09. The Labute approximate surface area is 131 Å². The molecule has 5 nitrogen and oxygen atoms in total. The van der Waals surface area contributed by atoms with Crippen LogP contribution in [0.2, 0.25) is 0 Å². The van der Waals surface area contributed by atoms with Gasteiger partial charge in [-0.15, -0.1) is 0 Å². The summed E-state index contributed by atoms with van der Waals surface area (Å²) >= 11 is 0. The predicted octanol–water partition coefficient (Wildman–Crippen LogP) is 3.48. The van der Waals surface area contributed by atoms with E-state index in [2.05, 4.69) is 39.7 Å². The van der Waals surface area contributed by atoms with Crippen LogP contribution in [0.4, 0.5) is 11.6 Å². The summed E-state index contributed by atoms with van der Waals surface area (Å²) in [4.78, 5) is 20.6. The zero-order chi connectivity index (χ0) is 16.1. The number of hydrogen-bond acceptors (Lipinski definition) is 4. The van der Waals surface area contributed by atoms with Crippen molar-refractivity contribution in [1.29, 1.82) is 0 Å². The molecule has 2 rings (SSSR count). The minimum atomic E-state index is -0.197. The van der Waals surface area contributed by atoms with Gasteiger partial charge in [-0.05, 0) is 38.3 Å². The molecule has 22 heavy (non-hydrogen) atoms. The first kappa shape index (κ1) is 15.9. The van der Waals surface area contributed by atoms with E-state index < -0.39 is 0 Å². The molecule has 0 saturated heterocycles. The first-order chi connectivity index (χ1) is 10.5. The predicted molar refractivity (Wildman–Crippen MR) is 89.4 cm³/mol. The lowest BCUT2D eigenvalue weighted by atomic mass is 10.0. The number of nitrogens with one attached hydrogen (secondary N) is 2. The molecule has 2 aromatic rings. The van der Waals surface area contributed by atoms with Crippen LogP contribution in [-0.2, 0) is 0 Å². The summed E-state index contributed by atoms with van der Waals surface area (Å²) in [6.45, 7) is 8.91. The van der Waals surface area contributed by atoms with Crippen molar-refractivity contribution in [2.24, 2.45) is 0 Å². The van der Waals surface area contributed by atoms with Crippen LogP contribution in [0.15, 0.2) is 24.5 Å². The van der Waals surface area contributed by atoms with Gasteiger partial charge in [-0.25, -0.2) is 9.97 Å². The molecule has 0 fully saturated rings. The average Bonchev–Trinajstić information content (AvgIpc) is 2.49. The smallest absolute Gasteiger partial charge is 0.258 e. The third-order valence-electron chi connectivity index (χ3n) is 3.36. The fraction of sp³-hybridized carbons (Fsp3) is 0.353. The van der Waals surface area contributed by atoms with Crippen molar-refractivity contribution >= 4 is 17.5 Å². The Balaban J connectivity index is 2.12. The molecule has 0 spiro atoms. The third-order valence-corrected chi connectivity index (χ3v) is 3.36. The highest BCUT2D eigenvalue weighted by Crippen LogP contribution is 2.22. The molecule has 2 N–H and O–H groups in total. The van der Waals surface area contributed by atoms with Crippen molar-refractivity contribution < 1.29 is 4.79 Å². The van der Waals surface area contributed by atoms with E-state index >= 15 is 0 Å². The molecule has 0 unspecified atom stereocenters. The number of nitrogens with zero attached hydrogens (tertiary/aromatic N) is 2. The van der Waals surface area contributed by atoms with Crippen LogP contribution in [0, 0.1) is 20.8 Å². The number of rotatable bonds is 5. The third kappa shape index (κ3) is 3.81. The maximum Gasteiger partial charge on any atom is 0.258 e. The van der Waals surface area contributed by atoms with Crippen molar-refractivity contribution in [3.8, 4) is 0 Å². The highest BCUT2D eigenvalue weighted by Gasteiger charge is 2.11. The summed E-state index contributed by atoms with van der Waals surface area (Å²) in [6.07, 6.45) is 4.08. The van der Waals surface area contributed by atoms with Gasteiger partial charge in [-0.3, -0.25) is 4.79 Å². The topological polar surface area (TPSA) is 66.9 Å². The van der Waals surface area contributed by atoms with E-state index in [4.69, 9.17) is 0 Å². The Hall–Kier alpha value is -2.43. The van der Waals surface area contributed by atoms with Crippen LogP contribution in [0.5, 0.6) is 0 Å². The minimum Gasteiger partial charge on any atom is -0.354 e. The molecule has 5 heteroatoms. The molecule has 0 atom stereocenters. The van der Waals surface area contributed by atoms with E-state index in [0.717, 1.165) is 29.8 Å². The lowest BCUT2D eigenvalue weighted by Crippen LogP contribution is -2.15. The SMILES string of the molecule is CCCNc1ncc(C(=O)Nc2c(C)cc(C)cc2C)cn1. The van der Waals surface area contributed by atoms with Gasteiger partial charge in [0.1, 0.15) is 0 Å². The van der Waals surface area contributed by atoms with Crippen LogP contribution in [0.1, 0.15) is 40.4 Å². The molecule has 0 bridgehead atoms. The van der Waals surface area contributed by atoms with Crippen molar-refractivity contribution in [2.75, 3.05) is 17.2 Å². The van der Waals surface area contributed by atoms with E-state index in [0.29, 0.717) is 11.5 Å². The van der Waals surface area contributed by atoms with Crippen molar-refractivity contribution in [3.63, 3.8) is 0 Å². The van der Waals surface area contributed by atoms with Crippen molar-refractivity contribution in [1.82, 2.24) is 9.97 Å². The number of aromatic nitrogens is 2. The second-order valence-corrected chi connectivity index (χ2v) is 5.45. The molecule has 1 aromatic heterocycles. The van der Waals surface area contributed by atoms with Gasteiger partial charge >= 0.3 is 0 Å². The fourth-order valence-corrected chi connectivity index (χ4v) is 2.34. The molecule has 0 radical (unpaired) electrons. The van der Waals surface area contributed by atoms with Crippen LogP contribution in [-0.4, -0.2) is 22.4 Å².